The number of hydrogen-bond donors (Lipinski definition) is 0. The van der Waals surface area contributed by atoms with Crippen LogP contribution in [0.1, 0.15) is 26.3 Å². The molecule has 0 amide bonds. The van der Waals surface area contributed by atoms with Gasteiger partial charge in [0.15, 0.2) is 0 Å². The SMILES string of the molecule is CC(C)(C)c1ccnc(-n2c3[c-]c(-c4c(-c5[c-]c(-n6[c-][n+](-c7c(-c8ccccc8)cccc7-c7ccccc7)c7ccccc76)ccc5)ccc5c4oc4ccccc45)ccc3c3ccccc32)c1.[Pt]. The normalized spacial score (nSPS) is 11.8. The number of rotatable bonds is 7. The Balaban J connectivity index is 0.00000505. The van der Waals surface area contributed by atoms with Crippen LogP contribution < -0.4 is 4.57 Å². The van der Waals surface area contributed by atoms with Gasteiger partial charge in [-0.05, 0) is 74.1 Å². The predicted molar refractivity (Wildman–Crippen MR) is 281 cm³/mol. The summed E-state index contributed by atoms with van der Waals surface area (Å²) >= 11 is 0. The molecule has 13 aromatic rings. The van der Waals surface area contributed by atoms with Gasteiger partial charge >= 0.3 is 0 Å². The van der Waals surface area contributed by atoms with Crippen LogP contribution in [0.2, 0.25) is 0 Å². The van der Waals surface area contributed by atoms with Crippen molar-refractivity contribution in [1.82, 2.24) is 14.1 Å². The number of aromatic nitrogens is 4. The average molecular weight is 1080 g/mol. The second-order valence-electron chi connectivity index (χ2n) is 18.7. The Bertz CT molecular complexity index is 4060. The molecular formula is C64H44N4OPt-2. The van der Waals surface area contributed by atoms with Crippen LogP contribution in [-0.2, 0) is 26.5 Å². The van der Waals surface area contributed by atoms with E-state index in [2.05, 4.69) is 247 Å². The molecule has 4 heterocycles. The first kappa shape index (κ1) is 43.2. The summed E-state index contributed by atoms with van der Waals surface area (Å²) in [5, 5.41) is 4.37. The number of imidazole rings is 1. The molecule has 0 fully saturated rings. The van der Waals surface area contributed by atoms with Gasteiger partial charge in [-0.25, -0.2) is 4.98 Å². The summed E-state index contributed by atoms with van der Waals surface area (Å²) in [7, 11) is 0. The van der Waals surface area contributed by atoms with Crippen LogP contribution in [0.15, 0.2) is 217 Å². The van der Waals surface area contributed by atoms with Crippen molar-refractivity contribution in [2.24, 2.45) is 0 Å². The zero-order valence-electron chi connectivity index (χ0n) is 38.7. The largest absolute Gasteiger partial charge is 0.466 e. The van der Waals surface area contributed by atoms with Crippen LogP contribution in [-0.4, -0.2) is 14.1 Å². The molecule has 4 aromatic heterocycles. The van der Waals surface area contributed by atoms with E-state index in [1.165, 1.54) is 5.56 Å². The van der Waals surface area contributed by atoms with Crippen molar-refractivity contribution in [2.75, 3.05) is 0 Å². The molecule has 338 valence electrons. The van der Waals surface area contributed by atoms with Gasteiger partial charge in [-0.2, -0.15) is 5.56 Å². The molecule has 0 saturated heterocycles. The van der Waals surface area contributed by atoms with E-state index in [9.17, 15) is 0 Å². The fraction of sp³-hybridized carbons (Fsp3) is 0.0625. The van der Waals surface area contributed by atoms with E-state index in [0.717, 1.165) is 116 Å². The second-order valence-corrected chi connectivity index (χ2v) is 18.7. The molecule has 0 atom stereocenters. The zero-order valence-corrected chi connectivity index (χ0v) is 41.0. The Morgan fingerprint density at radius 3 is 1.94 bits per heavy atom. The van der Waals surface area contributed by atoms with E-state index in [1.807, 2.05) is 18.3 Å². The van der Waals surface area contributed by atoms with Crippen molar-refractivity contribution in [3.05, 3.63) is 236 Å². The Morgan fingerprint density at radius 1 is 0.529 bits per heavy atom. The van der Waals surface area contributed by atoms with E-state index in [-0.39, 0.29) is 26.5 Å². The smallest absolute Gasteiger partial charge is 0.268 e. The standard InChI is InChI=1S/C64H44N4O.Pt/c1-64(2,3)46-36-37-65-60(40-46)68-55-28-12-10-24-51(55)52-33-32-45(39-58(52)68)61-48(34-35-54-53-25-11-15-31-59(53)69-63(54)61)44-22-16-23-47(38-44)66-41-67(57-30-14-13-29-56(57)66)62-49(42-18-6-4-7-19-42)26-17-27-50(62)43-20-8-5-9-21-43;/h4-37,40H,1-3H3;/q-2;. The van der Waals surface area contributed by atoms with Gasteiger partial charge in [-0.1, -0.05) is 177 Å². The van der Waals surface area contributed by atoms with Gasteiger partial charge in [0.05, 0.1) is 22.3 Å². The summed E-state index contributed by atoms with van der Waals surface area (Å²) in [6.07, 6.45) is 5.78. The molecule has 0 aliphatic heterocycles. The number of fused-ring (bicyclic) bond motifs is 7. The van der Waals surface area contributed by atoms with Crippen LogP contribution in [0.3, 0.4) is 0 Å². The van der Waals surface area contributed by atoms with Gasteiger partial charge in [0.1, 0.15) is 11.4 Å². The molecule has 0 unspecified atom stereocenters. The second kappa shape index (κ2) is 17.1. The van der Waals surface area contributed by atoms with E-state index in [4.69, 9.17) is 9.40 Å². The van der Waals surface area contributed by atoms with Crippen LogP contribution in [0.5, 0.6) is 0 Å². The molecule has 0 aliphatic carbocycles. The Kier molecular flexibility index (Phi) is 10.6. The maximum absolute atomic E-state index is 6.89. The van der Waals surface area contributed by atoms with Crippen molar-refractivity contribution in [2.45, 2.75) is 26.2 Å². The summed E-state index contributed by atoms with van der Waals surface area (Å²) in [6, 6.07) is 80.6. The first-order valence-corrected chi connectivity index (χ1v) is 23.5. The minimum absolute atomic E-state index is 0. The number of furan rings is 1. The third-order valence-corrected chi connectivity index (χ3v) is 13.5. The summed E-state index contributed by atoms with van der Waals surface area (Å²) in [5.41, 5.74) is 17.1. The van der Waals surface area contributed by atoms with E-state index >= 15 is 0 Å². The van der Waals surface area contributed by atoms with Crippen LogP contribution in [0, 0.1) is 18.5 Å². The average Bonchev–Trinajstić information content (AvgIpc) is 4.08. The van der Waals surface area contributed by atoms with Crippen LogP contribution in [0.4, 0.5) is 0 Å². The molecule has 9 aromatic carbocycles. The van der Waals surface area contributed by atoms with Gasteiger partial charge in [0.25, 0.3) is 6.33 Å². The van der Waals surface area contributed by atoms with Crippen molar-refractivity contribution in [3.8, 4) is 61.7 Å². The zero-order chi connectivity index (χ0) is 46.2. The van der Waals surface area contributed by atoms with Crippen molar-refractivity contribution >= 4 is 54.8 Å². The predicted octanol–water partition coefficient (Wildman–Crippen LogP) is 15.7. The summed E-state index contributed by atoms with van der Waals surface area (Å²) < 4.78 is 13.5. The van der Waals surface area contributed by atoms with E-state index in [1.54, 1.807) is 0 Å². The van der Waals surface area contributed by atoms with Gasteiger partial charge in [0.2, 0.25) is 0 Å². The van der Waals surface area contributed by atoms with Gasteiger partial charge in [0, 0.05) is 43.6 Å². The summed E-state index contributed by atoms with van der Waals surface area (Å²) in [6.45, 7) is 6.72. The molecule has 0 N–H and O–H groups in total. The first-order valence-electron chi connectivity index (χ1n) is 23.5. The monoisotopic (exact) mass is 1080 g/mol. The van der Waals surface area contributed by atoms with Gasteiger partial charge in [-0.3, -0.25) is 4.57 Å². The van der Waals surface area contributed by atoms with Crippen molar-refractivity contribution < 1.29 is 30.0 Å². The molecule has 0 saturated carbocycles. The van der Waals surface area contributed by atoms with Crippen LogP contribution in [0.25, 0.3) is 116 Å². The Labute approximate surface area is 420 Å². The number of para-hydroxylation sites is 5. The molecule has 0 aliphatic rings. The third kappa shape index (κ3) is 7.11. The topological polar surface area (TPSA) is 39.8 Å². The van der Waals surface area contributed by atoms with E-state index in [0.29, 0.717) is 0 Å². The molecular weight excluding hydrogens is 1040 g/mol. The number of benzene rings is 9. The molecule has 70 heavy (non-hydrogen) atoms. The molecule has 6 heteroatoms. The third-order valence-electron chi connectivity index (χ3n) is 13.5. The fourth-order valence-electron chi connectivity index (χ4n) is 10.2. The Hall–Kier alpha value is -8.11. The number of pyridine rings is 1. The number of hydrogen-bond acceptors (Lipinski definition) is 2. The van der Waals surface area contributed by atoms with E-state index < -0.39 is 0 Å². The number of nitrogens with zero attached hydrogens (tertiary/aromatic N) is 4. The maximum atomic E-state index is 6.89. The summed E-state index contributed by atoms with van der Waals surface area (Å²) in [4.78, 5) is 4.98. The Morgan fingerprint density at radius 2 is 1.19 bits per heavy atom. The summed E-state index contributed by atoms with van der Waals surface area (Å²) in [5.74, 6) is 0.861. The molecule has 13 rings (SSSR count). The van der Waals surface area contributed by atoms with Gasteiger partial charge in [-0.15, -0.1) is 59.7 Å². The maximum Gasteiger partial charge on any atom is 0.268 e. The quantitative estimate of drug-likeness (QED) is 0.118. The molecule has 0 bridgehead atoms. The minimum atomic E-state index is -0.0507. The fourth-order valence-corrected chi connectivity index (χ4v) is 10.2. The first-order chi connectivity index (χ1) is 33.9. The van der Waals surface area contributed by atoms with Gasteiger partial charge < -0.3 is 13.6 Å². The van der Waals surface area contributed by atoms with Crippen molar-refractivity contribution in [3.63, 3.8) is 0 Å². The molecule has 0 radical (unpaired) electrons. The molecule has 0 spiro atoms. The van der Waals surface area contributed by atoms with Crippen LogP contribution >= 0.6 is 0 Å². The minimum Gasteiger partial charge on any atom is -0.466 e. The molecule has 5 nitrogen and oxygen atoms in total. The van der Waals surface area contributed by atoms with Crippen molar-refractivity contribution in [1.29, 1.82) is 0 Å².